The average molecular weight is 386 g/mol. The molecule has 0 unspecified atom stereocenters. The lowest BCUT2D eigenvalue weighted by Gasteiger charge is -2.10. The molecule has 0 aliphatic rings. The Morgan fingerprint density at radius 2 is 1.72 bits per heavy atom. The highest BCUT2D eigenvalue weighted by Crippen LogP contribution is 2.17. The van der Waals surface area contributed by atoms with Crippen LogP contribution in [0.3, 0.4) is 0 Å². The van der Waals surface area contributed by atoms with Gasteiger partial charge in [-0.1, -0.05) is 30.3 Å². The quantitative estimate of drug-likeness (QED) is 0.529. The zero-order valence-corrected chi connectivity index (χ0v) is 15.4. The molecule has 4 rings (SSSR count). The minimum absolute atomic E-state index is 0.262. The second-order valence-electron chi connectivity index (χ2n) is 6.27. The van der Waals surface area contributed by atoms with Crippen molar-refractivity contribution in [2.45, 2.75) is 6.54 Å². The molecule has 0 bridgehead atoms. The minimum atomic E-state index is -0.349. The molecule has 7 nitrogen and oxygen atoms in total. The molecule has 7 heteroatoms. The Morgan fingerprint density at radius 1 is 0.931 bits per heavy atom. The van der Waals surface area contributed by atoms with Crippen LogP contribution in [0.2, 0.25) is 0 Å². The van der Waals surface area contributed by atoms with Gasteiger partial charge in [-0.05, 0) is 36.4 Å². The van der Waals surface area contributed by atoms with Crippen LogP contribution in [0.1, 0.15) is 26.5 Å². The molecular formula is C22H18N4O3. The predicted molar refractivity (Wildman–Crippen MR) is 108 cm³/mol. The molecule has 2 amide bonds. The van der Waals surface area contributed by atoms with Crippen LogP contribution in [0.25, 0.3) is 5.69 Å². The Kier molecular flexibility index (Phi) is 5.20. The number of benzene rings is 2. The molecule has 4 aromatic rings. The molecular weight excluding hydrogens is 368 g/mol. The molecule has 2 heterocycles. The third kappa shape index (κ3) is 4.24. The maximum Gasteiger partial charge on any atom is 0.258 e. The summed E-state index contributed by atoms with van der Waals surface area (Å²) in [7, 11) is 0. The standard InChI is InChI=1S/C22H18N4O3/c27-21(16-13-24-26(15-16)17-7-2-1-3-8-17)25-20-11-5-4-10-19(20)22(28)23-14-18-9-6-12-29-18/h1-13,15H,14H2,(H,23,28)(H,25,27). The highest BCUT2D eigenvalue weighted by Gasteiger charge is 2.15. The molecule has 2 aromatic heterocycles. The molecule has 0 spiro atoms. The van der Waals surface area contributed by atoms with Crippen LogP contribution in [0.4, 0.5) is 5.69 Å². The smallest absolute Gasteiger partial charge is 0.258 e. The van der Waals surface area contributed by atoms with Gasteiger partial charge in [-0.25, -0.2) is 4.68 Å². The first-order valence-electron chi connectivity index (χ1n) is 9.02. The van der Waals surface area contributed by atoms with E-state index in [9.17, 15) is 9.59 Å². The molecule has 0 atom stereocenters. The van der Waals surface area contributed by atoms with Crippen LogP contribution in [0.15, 0.2) is 89.8 Å². The van der Waals surface area contributed by atoms with Crippen molar-refractivity contribution in [1.82, 2.24) is 15.1 Å². The van der Waals surface area contributed by atoms with Gasteiger partial charge >= 0.3 is 0 Å². The number of hydrogen-bond donors (Lipinski definition) is 2. The van der Waals surface area contributed by atoms with E-state index in [0.717, 1.165) is 5.69 Å². The fraction of sp³-hybridized carbons (Fsp3) is 0.0455. The second-order valence-corrected chi connectivity index (χ2v) is 6.27. The SMILES string of the molecule is O=C(Nc1ccccc1C(=O)NCc1ccco1)c1cnn(-c2ccccc2)c1. The summed E-state index contributed by atoms with van der Waals surface area (Å²) in [5.41, 5.74) is 2.02. The molecule has 0 fully saturated rings. The van der Waals surface area contributed by atoms with Gasteiger partial charge in [0.15, 0.2) is 0 Å². The van der Waals surface area contributed by atoms with Gasteiger partial charge in [-0.3, -0.25) is 9.59 Å². The zero-order valence-electron chi connectivity index (χ0n) is 15.4. The summed E-state index contributed by atoms with van der Waals surface area (Å²) in [6, 6.07) is 19.9. The van der Waals surface area contributed by atoms with Crippen LogP contribution >= 0.6 is 0 Å². The zero-order chi connectivity index (χ0) is 20.1. The van der Waals surface area contributed by atoms with Crippen LogP contribution in [0, 0.1) is 0 Å². The molecule has 2 N–H and O–H groups in total. The topological polar surface area (TPSA) is 89.2 Å². The van der Waals surface area contributed by atoms with Gasteiger partial charge in [-0.2, -0.15) is 5.10 Å². The van der Waals surface area contributed by atoms with Crippen LogP contribution < -0.4 is 10.6 Å². The molecule has 0 saturated heterocycles. The van der Waals surface area contributed by atoms with E-state index in [0.29, 0.717) is 22.6 Å². The fourth-order valence-corrected chi connectivity index (χ4v) is 2.82. The minimum Gasteiger partial charge on any atom is -0.467 e. The van der Waals surface area contributed by atoms with Gasteiger partial charge in [0.1, 0.15) is 5.76 Å². The number of nitrogens with zero attached hydrogens (tertiary/aromatic N) is 2. The van der Waals surface area contributed by atoms with E-state index < -0.39 is 0 Å². The number of furan rings is 1. The first-order valence-corrected chi connectivity index (χ1v) is 9.02. The van der Waals surface area contributed by atoms with Crippen molar-refractivity contribution in [2.75, 3.05) is 5.32 Å². The molecule has 2 aromatic carbocycles. The predicted octanol–water partition coefficient (Wildman–Crippen LogP) is 3.65. The number of carbonyl (C=O) groups is 2. The number of rotatable bonds is 6. The number of para-hydroxylation sites is 2. The Labute approximate surface area is 167 Å². The highest BCUT2D eigenvalue weighted by molar-refractivity contribution is 6.08. The van der Waals surface area contributed by atoms with Gasteiger partial charge in [0.2, 0.25) is 0 Å². The highest BCUT2D eigenvalue weighted by atomic mass is 16.3. The molecule has 144 valence electrons. The number of anilines is 1. The maximum atomic E-state index is 12.7. The molecule has 0 aliphatic carbocycles. The van der Waals surface area contributed by atoms with Crippen molar-refractivity contribution in [2.24, 2.45) is 0 Å². The van der Waals surface area contributed by atoms with Gasteiger partial charge in [0, 0.05) is 6.20 Å². The Bertz CT molecular complexity index is 1120. The lowest BCUT2D eigenvalue weighted by molar-refractivity contribution is 0.0949. The van der Waals surface area contributed by atoms with Crippen LogP contribution in [-0.2, 0) is 6.54 Å². The summed E-state index contributed by atoms with van der Waals surface area (Å²) in [4.78, 5) is 25.2. The Balaban J connectivity index is 1.47. The van der Waals surface area contributed by atoms with Crippen molar-refractivity contribution in [1.29, 1.82) is 0 Å². The van der Waals surface area contributed by atoms with Crippen LogP contribution in [0.5, 0.6) is 0 Å². The lowest BCUT2D eigenvalue weighted by Crippen LogP contribution is -2.24. The largest absolute Gasteiger partial charge is 0.467 e. The van der Waals surface area contributed by atoms with E-state index in [1.54, 1.807) is 53.5 Å². The van der Waals surface area contributed by atoms with Gasteiger partial charge in [0.05, 0.1) is 41.5 Å². The summed E-state index contributed by atoms with van der Waals surface area (Å²) >= 11 is 0. The van der Waals surface area contributed by atoms with Crippen LogP contribution in [-0.4, -0.2) is 21.6 Å². The lowest BCUT2D eigenvalue weighted by atomic mass is 10.1. The van der Waals surface area contributed by atoms with E-state index in [2.05, 4.69) is 15.7 Å². The van der Waals surface area contributed by atoms with E-state index in [-0.39, 0.29) is 18.4 Å². The third-order valence-electron chi connectivity index (χ3n) is 4.29. The number of amides is 2. The molecule has 0 radical (unpaired) electrons. The summed E-state index contributed by atoms with van der Waals surface area (Å²) in [6.07, 6.45) is 4.68. The summed E-state index contributed by atoms with van der Waals surface area (Å²) in [5.74, 6) is -0.0102. The van der Waals surface area contributed by atoms with Crippen molar-refractivity contribution in [3.63, 3.8) is 0 Å². The summed E-state index contributed by atoms with van der Waals surface area (Å²) in [6.45, 7) is 0.262. The first-order chi connectivity index (χ1) is 14.2. The molecule has 0 saturated carbocycles. The number of aromatic nitrogens is 2. The second kappa shape index (κ2) is 8.26. The molecule has 0 aliphatic heterocycles. The number of hydrogen-bond acceptors (Lipinski definition) is 4. The Morgan fingerprint density at radius 3 is 2.52 bits per heavy atom. The van der Waals surface area contributed by atoms with E-state index in [4.69, 9.17) is 4.42 Å². The summed E-state index contributed by atoms with van der Waals surface area (Å²) < 4.78 is 6.84. The number of carbonyl (C=O) groups excluding carboxylic acids is 2. The maximum absolute atomic E-state index is 12.7. The van der Waals surface area contributed by atoms with Gasteiger partial charge in [-0.15, -0.1) is 0 Å². The monoisotopic (exact) mass is 386 g/mol. The van der Waals surface area contributed by atoms with E-state index in [1.807, 2.05) is 30.3 Å². The van der Waals surface area contributed by atoms with Crippen molar-refractivity contribution < 1.29 is 14.0 Å². The Hall–Kier alpha value is -4.13. The fourth-order valence-electron chi connectivity index (χ4n) is 2.82. The summed E-state index contributed by atoms with van der Waals surface area (Å²) in [5, 5.41) is 9.80. The van der Waals surface area contributed by atoms with Gasteiger partial charge < -0.3 is 15.1 Å². The van der Waals surface area contributed by atoms with Gasteiger partial charge in [0.25, 0.3) is 11.8 Å². The van der Waals surface area contributed by atoms with Crippen molar-refractivity contribution >= 4 is 17.5 Å². The first kappa shape index (κ1) is 18.2. The normalized spacial score (nSPS) is 10.5. The van der Waals surface area contributed by atoms with E-state index >= 15 is 0 Å². The van der Waals surface area contributed by atoms with E-state index in [1.165, 1.54) is 6.20 Å². The third-order valence-corrected chi connectivity index (χ3v) is 4.29. The molecule has 29 heavy (non-hydrogen) atoms. The average Bonchev–Trinajstić information content (AvgIpc) is 3.45. The van der Waals surface area contributed by atoms with Crippen molar-refractivity contribution in [3.8, 4) is 5.69 Å². The number of nitrogens with one attached hydrogen (secondary N) is 2. The van der Waals surface area contributed by atoms with Crippen molar-refractivity contribution in [3.05, 3.63) is 102 Å².